The Balaban J connectivity index is 2.04. The Kier molecular flexibility index (Phi) is 4.03. The van der Waals surface area contributed by atoms with Crippen LogP contribution in [0.4, 0.5) is 0 Å². The molecular formula is C12H17N3O2. The molecule has 0 saturated carbocycles. The van der Waals surface area contributed by atoms with Gasteiger partial charge in [0.2, 0.25) is 0 Å². The molecule has 0 aliphatic carbocycles. The van der Waals surface area contributed by atoms with Crippen molar-refractivity contribution in [1.29, 1.82) is 0 Å². The number of rotatable bonds is 3. The van der Waals surface area contributed by atoms with Gasteiger partial charge in [-0.25, -0.2) is 0 Å². The molecule has 0 unspecified atom stereocenters. The van der Waals surface area contributed by atoms with Gasteiger partial charge in [-0.15, -0.1) is 0 Å². The van der Waals surface area contributed by atoms with Crippen LogP contribution < -0.4 is 0 Å². The standard InChI is InChI=1S/C12H17N3O2/c1-17-12(16)11-4-2-3-7-15(11)9-10-8-13-5-6-14-10/h5-6,8,11H,2-4,7,9H2,1H3/t11-/m1/s1. The van der Waals surface area contributed by atoms with Crippen molar-refractivity contribution in [2.24, 2.45) is 0 Å². The second-order valence-corrected chi connectivity index (χ2v) is 4.20. The quantitative estimate of drug-likeness (QED) is 0.732. The van der Waals surface area contributed by atoms with Crippen LogP contribution in [0.1, 0.15) is 25.0 Å². The summed E-state index contributed by atoms with van der Waals surface area (Å²) in [6.45, 7) is 1.57. The number of aromatic nitrogens is 2. The highest BCUT2D eigenvalue weighted by molar-refractivity contribution is 5.75. The van der Waals surface area contributed by atoms with E-state index in [1.807, 2.05) is 0 Å². The van der Waals surface area contributed by atoms with Crippen LogP contribution in [0.25, 0.3) is 0 Å². The average molecular weight is 235 g/mol. The van der Waals surface area contributed by atoms with Gasteiger partial charge in [-0.2, -0.15) is 0 Å². The zero-order valence-corrected chi connectivity index (χ0v) is 10.0. The van der Waals surface area contributed by atoms with Gasteiger partial charge in [0, 0.05) is 25.1 Å². The van der Waals surface area contributed by atoms with E-state index in [1.165, 1.54) is 7.11 Å². The summed E-state index contributed by atoms with van der Waals surface area (Å²) in [4.78, 5) is 22.1. The van der Waals surface area contributed by atoms with Gasteiger partial charge in [-0.1, -0.05) is 6.42 Å². The molecule has 1 fully saturated rings. The normalized spacial score (nSPS) is 21.1. The molecule has 1 atom stereocenters. The minimum atomic E-state index is -0.145. The van der Waals surface area contributed by atoms with Crippen LogP contribution in [0, 0.1) is 0 Å². The first kappa shape index (κ1) is 12.0. The highest BCUT2D eigenvalue weighted by atomic mass is 16.5. The fourth-order valence-electron chi connectivity index (χ4n) is 2.20. The van der Waals surface area contributed by atoms with E-state index in [0.29, 0.717) is 6.54 Å². The van der Waals surface area contributed by atoms with Gasteiger partial charge in [0.15, 0.2) is 0 Å². The summed E-state index contributed by atoms with van der Waals surface area (Å²) in [7, 11) is 1.44. The predicted molar refractivity (Wildman–Crippen MR) is 62.1 cm³/mol. The molecule has 5 nitrogen and oxygen atoms in total. The Bertz CT molecular complexity index is 369. The van der Waals surface area contributed by atoms with E-state index in [4.69, 9.17) is 4.74 Å². The zero-order valence-electron chi connectivity index (χ0n) is 10.0. The molecule has 1 aromatic heterocycles. The second-order valence-electron chi connectivity index (χ2n) is 4.20. The van der Waals surface area contributed by atoms with E-state index >= 15 is 0 Å². The van der Waals surface area contributed by atoms with Gasteiger partial charge in [0.1, 0.15) is 6.04 Å². The number of hydrogen-bond donors (Lipinski definition) is 0. The van der Waals surface area contributed by atoms with Crippen molar-refractivity contribution < 1.29 is 9.53 Å². The molecule has 0 aromatic carbocycles. The summed E-state index contributed by atoms with van der Waals surface area (Å²) >= 11 is 0. The van der Waals surface area contributed by atoms with Gasteiger partial charge < -0.3 is 4.74 Å². The second kappa shape index (κ2) is 5.72. The largest absolute Gasteiger partial charge is 0.468 e. The summed E-state index contributed by atoms with van der Waals surface area (Å²) in [5.41, 5.74) is 0.892. The molecule has 1 aliphatic heterocycles. The molecule has 0 N–H and O–H groups in total. The molecule has 0 bridgehead atoms. The van der Waals surface area contributed by atoms with E-state index in [-0.39, 0.29) is 12.0 Å². The molecule has 0 spiro atoms. The smallest absolute Gasteiger partial charge is 0.323 e. The Labute approximate surface area is 101 Å². The number of esters is 1. The van der Waals surface area contributed by atoms with Crippen LogP contribution in [-0.2, 0) is 16.1 Å². The summed E-state index contributed by atoms with van der Waals surface area (Å²) in [5, 5.41) is 0. The van der Waals surface area contributed by atoms with Gasteiger partial charge in [0.05, 0.1) is 12.8 Å². The first-order valence-corrected chi connectivity index (χ1v) is 5.88. The van der Waals surface area contributed by atoms with Crippen molar-refractivity contribution in [3.05, 3.63) is 24.3 Å². The summed E-state index contributed by atoms with van der Waals surface area (Å²) in [6.07, 6.45) is 8.13. The van der Waals surface area contributed by atoms with Crippen molar-refractivity contribution in [1.82, 2.24) is 14.9 Å². The first-order chi connectivity index (χ1) is 8.31. The number of nitrogens with zero attached hydrogens (tertiary/aromatic N) is 3. The SMILES string of the molecule is COC(=O)[C@H]1CCCCN1Cc1cnccn1. The molecule has 5 heteroatoms. The Morgan fingerprint density at radius 1 is 1.53 bits per heavy atom. The third-order valence-corrected chi connectivity index (χ3v) is 3.07. The van der Waals surface area contributed by atoms with Gasteiger partial charge in [-0.05, 0) is 19.4 Å². The first-order valence-electron chi connectivity index (χ1n) is 5.88. The molecule has 92 valence electrons. The zero-order chi connectivity index (χ0) is 12.1. The summed E-state index contributed by atoms with van der Waals surface area (Å²) < 4.78 is 4.84. The van der Waals surface area contributed by atoms with Crippen LogP contribution >= 0.6 is 0 Å². The monoisotopic (exact) mass is 235 g/mol. The molecular weight excluding hydrogens is 218 g/mol. The van der Waals surface area contributed by atoms with Gasteiger partial charge in [-0.3, -0.25) is 19.7 Å². The molecule has 0 radical (unpaired) electrons. The van der Waals surface area contributed by atoms with E-state index < -0.39 is 0 Å². The van der Waals surface area contributed by atoms with E-state index in [0.717, 1.165) is 31.5 Å². The minimum Gasteiger partial charge on any atom is -0.468 e. The van der Waals surface area contributed by atoms with Crippen LogP contribution in [0.15, 0.2) is 18.6 Å². The molecule has 1 aromatic rings. The van der Waals surface area contributed by atoms with Crippen LogP contribution in [0.5, 0.6) is 0 Å². The Morgan fingerprint density at radius 3 is 3.12 bits per heavy atom. The fourth-order valence-corrected chi connectivity index (χ4v) is 2.20. The molecule has 1 aliphatic rings. The van der Waals surface area contributed by atoms with Crippen molar-refractivity contribution in [3.8, 4) is 0 Å². The Hall–Kier alpha value is -1.49. The number of piperidine rings is 1. The van der Waals surface area contributed by atoms with Crippen LogP contribution in [0.2, 0.25) is 0 Å². The molecule has 2 heterocycles. The fraction of sp³-hybridized carbons (Fsp3) is 0.583. The van der Waals surface area contributed by atoms with Crippen LogP contribution in [0.3, 0.4) is 0 Å². The molecule has 2 rings (SSSR count). The topological polar surface area (TPSA) is 55.3 Å². The number of carbonyl (C=O) groups is 1. The highest BCUT2D eigenvalue weighted by Gasteiger charge is 2.29. The molecule has 17 heavy (non-hydrogen) atoms. The highest BCUT2D eigenvalue weighted by Crippen LogP contribution is 2.19. The summed E-state index contributed by atoms with van der Waals surface area (Å²) in [6, 6.07) is -0.129. The predicted octanol–water partition coefficient (Wildman–Crippen LogP) is 1.00. The van der Waals surface area contributed by atoms with Gasteiger partial charge in [0.25, 0.3) is 0 Å². The third-order valence-electron chi connectivity index (χ3n) is 3.07. The van der Waals surface area contributed by atoms with Crippen molar-refractivity contribution in [2.75, 3.05) is 13.7 Å². The average Bonchev–Trinajstić information content (AvgIpc) is 2.40. The number of likely N-dealkylation sites (tertiary alicyclic amines) is 1. The van der Waals surface area contributed by atoms with Crippen molar-refractivity contribution >= 4 is 5.97 Å². The lowest BCUT2D eigenvalue weighted by molar-refractivity contribution is -0.148. The number of ether oxygens (including phenoxy) is 1. The van der Waals surface area contributed by atoms with E-state index in [2.05, 4.69) is 14.9 Å². The van der Waals surface area contributed by atoms with E-state index in [1.54, 1.807) is 18.6 Å². The minimum absolute atomic E-state index is 0.129. The van der Waals surface area contributed by atoms with E-state index in [9.17, 15) is 4.79 Å². The number of hydrogen-bond acceptors (Lipinski definition) is 5. The maximum Gasteiger partial charge on any atom is 0.323 e. The molecule has 1 saturated heterocycles. The van der Waals surface area contributed by atoms with Crippen molar-refractivity contribution in [2.45, 2.75) is 31.8 Å². The lowest BCUT2D eigenvalue weighted by atomic mass is 10.0. The third kappa shape index (κ3) is 3.00. The number of methoxy groups -OCH3 is 1. The number of carbonyl (C=O) groups excluding carboxylic acids is 1. The van der Waals surface area contributed by atoms with Gasteiger partial charge >= 0.3 is 5.97 Å². The maximum absolute atomic E-state index is 11.7. The lowest BCUT2D eigenvalue weighted by Crippen LogP contribution is -2.44. The van der Waals surface area contributed by atoms with Crippen LogP contribution in [-0.4, -0.2) is 40.5 Å². The lowest BCUT2D eigenvalue weighted by Gasteiger charge is -2.33. The molecule has 0 amide bonds. The van der Waals surface area contributed by atoms with Crippen molar-refractivity contribution in [3.63, 3.8) is 0 Å². The Morgan fingerprint density at radius 2 is 2.41 bits per heavy atom. The maximum atomic E-state index is 11.7. The summed E-state index contributed by atoms with van der Waals surface area (Å²) in [5.74, 6) is -0.145.